The Bertz CT molecular complexity index is 1090. The van der Waals surface area contributed by atoms with Crippen LogP contribution in [0.5, 0.6) is 5.75 Å². The number of hydrogen-bond acceptors (Lipinski definition) is 6. The van der Waals surface area contributed by atoms with Gasteiger partial charge in [0.15, 0.2) is 5.13 Å². The maximum atomic E-state index is 13.7. The van der Waals surface area contributed by atoms with Crippen LogP contribution < -0.4 is 9.64 Å². The van der Waals surface area contributed by atoms with E-state index in [0.29, 0.717) is 18.7 Å². The van der Waals surface area contributed by atoms with Crippen LogP contribution in [0.15, 0.2) is 36.4 Å². The van der Waals surface area contributed by atoms with E-state index in [2.05, 4.69) is 37.8 Å². The molecular formula is C26H33N3O3S. The first-order valence-electron chi connectivity index (χ1n) is 11.8. The van der Waals surface area contributed by atoms with Crippen molar-refractivity contribution in [2.45, 2.75) is 33.6 Å². The summed E-state index contributed by atoms with van der Waals surface area (Å²) in [4.78, 5) is 22.8. The van der Waals surface area contributed by atoms with Crippen molar-refractivity contribution in [3.63, 3.8) is 0 Å². The monoisotopic (exact) mass is 467 g/mol. The SMILES string of the molecule is CCCCOc1cccc(C(=O)N(CCN2CCOCC2)c2nc3c(C)c(C)ccc3s2)c1. The molecule has 0 radical (unpaired) electrons. The fraction of sp³-hybridized carbons (Fsp3) is 0.462. The Labute approximate surface area is 200 Å². The van der Waals surface area contributed by atoms with Gasteiger partial charge in [-0.3, -0.25) is 14.6 Å². The predicted molar refractivity (Wildman–Crippen MR) is 135 cm³/mol. The summed E-state index contributed by atoms with van der Waals surface area (Å²) in [5, 5.41) is 0.745. The number of rotatable bonds is 9. The molecule has 0 saturated carbocycles. The molecule has 1 fully saturated rings. The van der Waals surface area contributed by atoms with E-state index in [0.717, 1.165) is 66.8 Å². The van der Waals surface area contributed by atoms with Gasteiger partial charge in [-0.2, -0.15) is 0 Å². The van der Waals surface area contributed by atoms with E-state index in [1.54, 1.807) is 11.3 Å². The van der Waals surface area contributed by atoms with Crippen molar-refractivity contribution in [3.8, 4) is 5.75 Å². The number of carbonyl (C=O) groups is 1. The van der Waals surface area contributed by atoms with Crippen molar-refractivity contribution >= 4 is 32.6 Å². The van der Waals surface area contributed by atoms with Crippen molar-refractivity contribution < 1.29 is 14.3 Å². The van der Waals surface area contributed by atoms with Gasteiger partial charge in [0.05, 0.1) is 30.0 Å². The lowest BCUT2D eigenvalue weighted by Gasteiger charge is -2.29. The number of carbonyl (C=O) groups excluding carboxylic acids is 1. The van der Waals surface area contributed by atoms with Crippen LogP contribution in [0, 0.1) is 13.8 Å². The molecule has 0 unspecified atom stereocenters. The third-order valence-corrected chi connectivity index (χ3v) is 7.18. The van der Waals surface area contributed by atoms with Crippen LogP contribution in [0.4, 0.5) is 5.13 Å². The Hall–Kier alpha value is -2.48. The second-order valence-electron chi connectivity index (χ2n) is 8.49. The number of hydrogen-bond donors (Lipinski definition) is 0. The number of ether oxygens (including phenoxy) is 2. The topological polar surface area (TPSA) is 54.9 Å². The Morgan fingerprint density at radius 1 is 1.21 bits per heavy atom. The van der Waals surface area contributed by atoms with E-state index in [-0.39, 0.29) is 5.91 Å². The van der Waals surface area contributed by atoms with Crippen molar-refractivity contribution in [3.05, 3.63) is 53.1 Å². The number of thiazole rings is 1. The molecule has 6 nitrogen and oxygen atoms in total. The molecule has 0 spiro atoms. The second kappa shape index (κ2) is 11.1. The number of aryl methyl sites for hydroxylation is 2. The van der Waals surface area contributed by atoms with Gasteiger partial charge in [-0.1, -0.05) is 36.8 Å². The van der Waals surface area contributed by atoms with E-state index in [1.807, 2.05) is 29.2 Å². The van der Waals surface area contributed by atoms with Gasteiger partial charge in [0.1, 0.15) is 5.75 Å². The average molecular weight is 468 g/mol. The highest BCUT2D eigenvalue weighted by Gasteiger charge is 2.23. The van der Waals surface area contributed by atoms with Crippen molar-refractivity contribution in [2.24, 2.45) is 0 Å². The zero-order valence-corrected chi connectivity index (χ0v) is 20.6. The van der Waals surface area contributed by atoms with Crippen molar-refractivity contribution in [1.82, 2.24) is 9.88 Å². The van der Waals surface area contributed by atoms with E-state index in [1.165, 1.54) is 11.1 Å². The number of morpholine rings is 1. The standard InChI is InChI=1S/C26H33N3O3S/c1-4-5-15-32-22-8-6-7-21(18-22)25(30)29(12-11-28-13-16-31-17-14-28)26-27-24-20(3)19(2)9-10-23(24)33-26/h6-10,18H,4-5,11-17H2,1-3H3. The fourth-order valence-corrected chi connectivity index (χ4v) is 4.94. The highest BCUT2D eigenvalue weighted by atomic mass is 32.1. The number of amides is 1. The summed E-state index contributed by atoms with van der Waals surface area (Å²) in [5.74, 6) is 0.691. The molecule has 7 heteroatoms. The summed E-state index contributed by atoms with van der Waals surface area (Å²) in [6.07, 6.45) is 2.07. The summed E-state index contributed by atoms with van der Waals surface area (Å²) in [5.41, 5.74) is 3.98. The quantitative estimate of drug-likeness (QED) is 0.411. The Morgan fingerprint density at radius 3 is 2.82 bits per heavy atom. The third-order valence-electron chi connectivity index (χ3n) is 6.14. The maximum Gasteiger partial charge on any atom is 0.260 e. The third kappa shape index (κ3) is 5.72. The molecule has 33 heavy (non-hydrogen) atoms. The van der Waals surface area contributed by atoms with Gasteiger partial charge in [-0.05, 0) is 55.7 Å². The molecule has 1 aromatic heterocycles. The lowest BCUT2D eigenvalue weighted by Crippen LogP contribution is -2.43. The molecule has 0 bridgehead atoms. The van der Waals surface area contributed by atoms with Crippen LogP contribution in [0.3, 0.4) is 0 Å². The molecule has 3 aromatic rings. The van der Waals surface area contributed by atoms with Crippen molar-refractivity contribution in [2.75, 3.05) is 50.9 Å². The number of nitrogens with zero attached hydrogens (tertiary/aromatic N) is 3. The maximum absolute atomic E-state index is 13.7. The number of anilines is 1. The number of unbranched alkanes of at least 4 members (excludes halogenated alkanes) is 1. The van der Waals surface area contributed by atoms with E-state index in [9.17, 15) is 4.79 Å². The first-order chi connectivity index (χ1) is 16.1. The van der Waals surface area contributed by atoms with Gasteiger partial charge >= 0.3 is 0 Å². The summed E-state index contributed by atoms with van der Waals surface area (Å²) in [6, 6.07) is 11.7. The highest BCUT2D eigenvalue weighted by molar-refractivity contribution is 7.22. The molecule has 1 amide bonds. The first-order valence-corrected chi connectivity index (χ1v) is 12.6. The molecule has 0 N–H and O–H groups in total. The number of fused-ring (bicyclic) bond motifs is 1. The predicted octanol–water partition coefficient (Wildman–Crippen LogP) is 5.07. The average Bonchev–Trinajstić information content (AvgIpc) is 3.27. The lowest BCUT2D eigenvalue weighted by atomic mass is 10.1. The molecule has 2 heterocycles. The summed E-state index contributed by atoms with van der Waals surface area (Å²) >= 11 is 1.58. The van der Waals surface area contributed by atoms with Gasteiger partial charge in [0.2, 0.25) is 0 Å². The van der Waals surface area contributed by atoms with Crippen LogP contribution >= 0.6 is 11.3 Å². The van der Waals surface area contributed by atoms with Crippen LogP contribution in [-0.4, -0.2) is 61.8 Å². The normalized spacial score (nSPS) is 14.5. The Balaban J connectivity index is 1.61. The molecule has 1 saturated heterocycles. The van der Waals surface area contributed by atoms with E-state index >= 15 is 0 Å². The second-order valence-corrected chi connectivity index (χ2v) is 9.50. The summed E-state index contributed by atoms with van der Waals surface area (Å²) in [6.45, 7) is 11.6. The molecule has 2 aromatic carbocycles. The van der Waals surface area contributed by atoms with Gasteiger partial charge in [0.25, 0.3) is 5.91 Å². The van der Waals surface area contributed by atoms with E-state index < -0.39 is 0 Å². The number of aromatic nitrogens is 1. The summed E-state index contributed by atoms with van der Waals surface area (Å²) < 4.78 is 12.4. The van der Waals surface area contributed by atoms with Crippen molar-refractivity contribution in [1.29, 1.82) is 0 Å². The Morgan fingerprint density at radius 2 is 2.03 bits per heavy atom. The first kappa shape index (κ1) is 23.7. The minimum Gasteiger partial charge on any atom is -0.494 e. The molecule has 176 valence electrons. The highest BCUT2D eigenvalue weighted by Crippen LogP contribution is 2.33. The Kier molecular flexibility index (Phi) is 7.96. The number of benzene rings is 2. The molecule has 0 atom stereocenters. The van der Waals surface area contributed by atoms with Gasteiger partial charge in [-0.25, -0.2) is 4.98 Å². The van der Waals surface area contributed by atoms with Crippen LogP contribution in [-0.2, 0) is 4.74 Å². The minimum atomic E-state index is -0.0439. The van der Waals surface area contributed by atoms with Gasteiger partial charge in [0, 0.05) is 31.7 Å². The van der Waals surface area contributed by atoms with Crippen LogP contribution in [0.1, 0.15) is 41.3 Å². The minimum absolute atomic E-state index is 0.0439. The van der Waals surface area contributed by atoms with Gasteiger partial charge < -0.3 is 9.47 Å². The van der Waals surface area contributed by atoms with Crippen LogP contribution in [0.25, 0.3) is 10.2 Å². The van der Waals surface area contributed by atoms with Crippen LogP contribution in [0.2, 0.25) is 0 Å². The molecular weight excluding hydrogens is 434 g/mol. The summed E-state index contributed by atoms with van der Waals surface area (Å²) in [7, 11) is 0. The molecule has 4 rings (SSSR count). The molecule has 0 aliphatic carbocycles. The molecule has 1 aliphatic rings. The fourth-order valence-electron chi connectivity index (χ4n) is 3.89. The molecule has 1 aliphatic heterocycles. The smallest absolute Gasteiger partial charge is 0.260 e. The van der Waals surface area contributed by atoms with Gasteiger partial charge in [-0.15, -0.1) is 0 Å². The van der Waals surface area contributed by atoms with E-state index in [4.69, 9.17) is 14.5 Å². The zero-order chi connectivity index (χ0) is 23.2. The lowest BCUT2D eigenvalue weighted by molar-refractivity contribution is 0.0391. The largest absolute Gasteiger partial charge is 0.494 e. The zero-order valence-electron chi connectivity index (χ0n) is 19.8.